The summed E-state index contributed by atoms with van der Waals surface area (Å²) in [5.41, 5.74) is 1.66. The standard InChI is InChI=1S/C22H23FN2O2S/c1-24(14-17-5-3-6-18(23)13-17)16-22(26)25(15-21-7-4-12-28-21)19-8-10-20(27-2)11-9-19/h3-13H,14-16H2,1-2H3. The highest BCUT2D eigenvalue weighted by atomic mass is 32.1. The van der Waals surface area contributed by atoms with Crippen molar-refractivity contribution in [3.05, 3.63) is 82.3 Å². The van der Waals surface area contributed by atoms with E-state index in [4.69, 9.17) is 4.74 Å². The number of nitrogens with zero attached hydrogens (tertiary/aromatic N) is 2. The number of anilines is 1. The number of rotatable bonds is 8. The highest BCUT2D eigenvalue weighted by Gasteiger charge is 2.19. The molecule has 0 aliphatic heterocycles. The lowest BCUT2D eigenvalue weighted by molar-refractivity contribution is -0.119. The van der Waals surface area contributed by atoms with Crippen molar-refractivity contribution >= 4 is 22.9 Å². The van der Waals surface area contributed by atoms with Crippen molar-refractivity contribution in [3.8, 4) is 5.75 Å². The van der Waals surface area contributed by atoms with Gasteiger partial charge in [0, 0.05) is 17.1 Å². The minimum Gasteiger partial charge on any atom is -0.497 e. The number of carbonyl (C=O) groups excluding carboxylic acids is 1. The first-order valence-electron chi connectivity index (χ1n) is 8.95. The summed E-state index contributed by atoms with van der Waals surface area (Å²) in [6.07, 6.45) is 0. The van der Waals surface area contributed by atoms with Crippen LogP contribution in [0.5, 0.6) is 5.75 Å². The number of thiophene rings is 1. The van der Waals surface area contributed by atoms with Crippen LogP contribution in [0.1, 0.15) is 10.4 Å². The fourth-order valence-electron chi connectivity index (χ4n) is 2.96. The number of carbonyl (C=O) groups is 1. The summed E-state index contributed by atoms with van der Waals surface area (Å²) in [6, 6.07) is 17.9. The molecule has 3 rings (SSSR count). The van der Waals surface area contributed by atoms with Gasteiger partial charge in [0.15, 0.2) is 0 Å². The van der Waals surface area contributed by atoms with Gasteiger partial charge in [-0.05, 0) is 60.5 Å². The smallest absolute Gasteiger partial charge is 0.241 e. The second kappa shape index (κ2) is 9.48. The molecule has 0 radical (unpaired) electrons. The molecule has 0 aliphatic rings. The van der Waals surface area contributed by atoms with Gasteiger partial charge in [-0.25, -0.2) is 4.39 Å². The Bertz CT molecular complexity index is 897. The Labute approximate surface area is 168 Å². The number of halogens is 1. The molecule has 0 saturated carbocycles. The van der Waals surface area contributed by atoms with Crippen LogP contribution in [-0.2, 0) is 17.9 Å². The van der Waals surface area contributed by atoms with Crippen molar-refractivity contribution in [3.63, 3.8) is 0 Å². The average Bonchev–Trinajstić information content (AvgIpc) is 3.19. The Morgan fingerprint density at radius 1 is 1.07 bits per heavy atom. The van der Waals surface area contributed by atoms with Gasteiger partial charge in [0.25, 0.3) is 0 Å². The Morgan fingerprint density at radius 3 is 2.50 bits per heavy atom. The lowest BCUT2D eigenvalue weighted by atomic mass is 10.2. The zero-order valence-electron chi connectivity index (χ0n) is 16.0. The molecular formula is C22H23FN2O2S. The van der Waals surface area contributed by atoms with Crippen LogP contribution in [0, 0.1) is 5.82 Å². The third-order valence-electron chi connectivity index (χ3n) is 4.33. The molecule has 0 aliphatic carbocycles. The first-order valence-corrected chi connectivity index (χ1v) is 9.83. The molecule has 6 heteroatoms. The normalized spacial score (nSPS) is 10.9. The summed E-state index contributed by atoms with van der Waals surface area (Å²) in [7, 11) is 3.48. The first kappa shape index (κ1) is 20.0. The SMILES string of the molecule is COc1ccc(N(Cc2cccs2)C(=O)CN(C)Cc2cccc(F)c2)cc1. The maximum Gasteiger partial charge on any atom is 0.241 e. The molecule has 0 spiro atoms. The molecular weight excluding hydrogens is 375 g/mol. The van der Waals surface area contributed by atoms with E-state index in [-0.39, 0.29) is 18.3 Å². The topological polar surface area (TPSA) is 32.8 Å². The summed E-state index contributed by atoms with van der Waals surface area (Å²) in [4.78, 5) is 17.8. The van der Waals surface area contributed by atoms with Gasteiger partial charge in [-0.15, -0.1) is 11.3 Å². The average molecular weight is 399 g/mol. The van der Waals surface area contributed by atoms with Gasteiger partial charge in [-0.1, -0.05) is 18.2 Å². The van der Waals surface area contributed by atoms with Crippen LogP contribution >= 0.6 is 11.3 Å². The van der Waals surface area contributed by atoms with E-state index in [0.717, 1.165) is 21.9 Å². The van der Waals surface area contributed by atoms with Crippen LogP contribution in [0.15, 0.2) is 66.0 Å². The molecule has 146 valence electrons. The molecule has 0 unspecified atom stereocenters. The third kappa shape index (κ3) is 5.41. The highest BCUT2D eigenvalue weighted by Crippen LogP contribution is 2.23. The molecule has 4 nitrogen and oxygen atoms in total. The van der Waals surface area contributed by atoms with E-state index in [1.54, 1.807) is 29.4 Å². The molecule has 0 N–H and O–H groups in total. The van der Waals surface area contributed by atoms with Gasteiger partial charge in [0.2, 0.25) is 5.91 Å². The van der Waals surface area contributed by atoms with E-state index >= 15 is 0 Å². The number of hydrogen-bond donors (Lipinski definition) is 0. The van der Waals surface area contributed by atoms with Crippen LogP contribution in [0.25, 0.3) is 0 Å². The Morgan fingerprint density at radius 2 is 1.86 bits per heavy atom. The van der Waals surface area contributed by atoms with E-state index in [9.17, 15) is 9.18 Å². The molecule has 0 saturated heterocycles. The van der Waals surface area contributed by atoms with Gasteiger partial charge in [-0.3, -0.25) is 9.69 Å². The van der Waals surface area contributed by atoms with Crippen molar-refractivity contribution in [1.82, 2.24) is 4.90 Å². The first-order chi connectivity index (χ1) is 13.5. The number of amides is 1. The Kier molecular flexibility index (Phi) is 6.79. The summed E-state index contributed by atoms with van der Waals surface area (Å²) in [5.74, 6) is 0.461. The van der Waals surface area contributed by atoms with E-state index < -0.39 is 0 Å². The minimum atomic E-state index is -0.269. The minimum absolute atomic E-state index is 0.0162. The fraction of sp³-hybridized carbons (Fsp3) is 0.227. The van der Waals surface area contributed by atoms with Gasteiger partial charge >= 0.3 is 0 Å². The van der Waals surface area contributed by atoms with Crippen LogP contribution in [0.2, 0.25) is 0 Å². The zero-order valence-corrected chi connectivity index (χ0v) is 16.8. The quantitative estimate of drug-likeness (QED) is 0.558. The third-order valence-corrected chi connectivity index (χ3v) is 5.19. The van der Waals surface area contributed by atoms with Crippen LogP contribution < -0.4 is 9.64 Å². The molecule has 0 bridgehead atoms. The number of methoxy groups -OCH3 is 1. The van der Waals surface area contributed by atoms with E-state index in [1.165, 1.54) is 12.1 Å². The van der Waals surface area contributed by atoms with Gasteiger partial charge < -0.3 is 9.64 Å². The van der Waals surface area contributed by atoms with E-state index in [2.05, 4.69) is 0 Å². The second-order valence-corrected chi connectivity index (χ2v) is 7.59. The zero-order chi connectivity index (χ0) is 19.9. The van der Waals surface area contributed by atoms with Gasteiger partial charge in [-0.2, -0.15) is 0 Å². The van der Waals surface area contributed by atoms with Crippen LogP contribution in [0.3, 0.4) is 0 Å². The van der Waals surface area contributed by atoms with Crippen molar-refractivity contribution < 1.29 is 13.9 Å². The number of likely N-dealkylation sites (N-methyl/N-ethyl adjacent to an activating group) is 1. The monoisotopic (exact) mass is 398 g/mol. The lowest BCUT2D eigenvalue weighted by Gasteiger charge is -2.25. The highest BCUT2D eigenvalue weighted by molar-refractivity contribution is 7.09. The molecule has 2 aromatic carbocycles. The summed E-state index contributed by atoms with van der Waals surface area (Å²) < 4.78 is 18.6. The van der Waals surface area contributed by atoms with Gasteiger partial charge in [0.05, 0.1) is 20.2 Å². The van der Waals surface area contributed by atoms with Crippen LogP contribution in [-0.4, -0.2) is 31.5 Å². The van der Waals surface area contributed by atoms with Gasteiger partial charge in [0.1, 0.15) is 11.6 Å². The molecule has 1 aromatic heterocycles. The fourth-order valence-corrected chi connectivity index (χ4v) is 3.66. The number of ether oxygens (including phenoxy) is 1. The lowest BCUT2D eigenvalue weighted by Crippen LogP contribution is -2.38. The summed E-state index contributed by atoms with van der Waals surface area (Å²) >= 11 is 1.62. The maximum absolute atomic E-state index is 13.4. The predicted octanol–water partition coefficient (Wildman–Crippen LogP) is 4.56. The molecule has 3 aromatic rings. The molecule has 0 fully saturated rings. The van der Waals surface area contributed by atoms with Crippen molar-refractivity contribution in [1.29, 1.82) is 0 Å². The van der Waals surface area contributed by atoms with E-state index in [1.807, 2.05) is 59.8 Å². The maximum atomic E-state index is 13.4. The van der Waals surface area contributed by atoms with Crippen molar-refractivity contribution in [2.45, 2.75) is 13.1 Å². The summed E-state index contributed by atoms with van der Waals surface area (Å²) in [5, 5.41) is 2.00. The molecule has 1 heterocycles. The molecule has 28 heavy (non-hydrogen) atoms. The predicted molar refractivity (Wildman–Crippen MR) is 111 cm³/mol. The summed E-state index contributed by atoms with van der Waals surface area (Å²) in [6.45, 7) is 1.24. The van der Waals surface area contributed by atoms with Crippen molar-refractivity contribution in [2.24, 2.45) is 0 Å². The van der Waals surface area contributed by atoms with Crippen LogP contribution in [0.4, 0.5) is 10.1 Å². The number of hydrogen-bond acceptors (Lipinski definition) is 4. The molecule has 1 amide bonds. The Hall–Kier alpha value is -2.70. The number of benzene rings is 2. The second-order valence-electron chi connectivity index (χ2n) is 6.56. The largest absolute Gasteiger partial charge is 0.497 e. The Balaban J connectivity index is 1.73. The van der Waals surface area contributed by atoms with E-state index in [0.29, 0.717) is 13.1 Å². The van der Waals surface area contributed by atoms with Crippen molar-refractivity contribution in [2.75, 3.05) is 25.6 Å². The molecule has 0 atom stereocenters.